The lowest BCUT2D eigenvalue weighted by Crippen LogP contribution is -2.42. The van der Waals surface area contributed by atoms with E-state index in [4.69, 9.17) is 0 Å². The summed E-state index contributed by atoms with van der Waals surface area (Å²) in [6.07, 6.45) is 1.26. The molecular weight excluding hydrogens is 410 g/mol. The summed E-state index contributed by atoms with van der Waals surface area (Å²) in [6.45, 7) is 1.08. The third kappa shape index (κ3) is 3.99. The molecule has 2 amide bonds. The van der Waals surface area contributed by atoms with Crippen LogP contribution in [-0.2, 0) is 4.79 Å². The third-order valence-electron chi connectivity index (χ3n) is 7.02. The van der Waals surface area contributed by atoms with Gasteiger partial charge in [-0.05, 0) is 35.7 Å². The predicted molar refractivity (Wildman–Crippen MR) is 130 cm³/mol. The molecule has 0 spiro atoms. The van der Waals surface area contributed by atoms with Crippen LogP contribution in [0, 0.1) is 5.92 Å². The number of anilines is 1. The minimum atomic E-state index is -0.142. The molecule has 1 saturated heterocycles. The van der Waals surface area contributed by atoms with Gasteiger partial charge < -0.3 is 15.1 Å². The normalized spacial score (nSPS) is 21.3. The molecule has 0 aliphatic carbocycles. The average molecular weight is 440 g/mol. The van der Waals surface area contributed by atoms with E-state index in [1.807, 2.05) is 29.2 Å². The lowest BCUT2D eigenvalue weighted by molar-refractivity contribution is -0.132. The number of likely N-dealkylation sites (tertiary alicyclic amines) is 1. The van der Waals surface area contributed by atoms with Gasteiger partial charge in [0.2, 0.25) is 5.91 Å². The van der Waals surface area contributed by atoms with E-state index in [0.29, 0.717) is 24.4 Å². The van der Waals surface area contributed by atoms with Gasteiger partial charge in [-0.1, -0.05) is 66.7 Å². The molecule has 168 valence electrons. The third-order valence-corrected chi connectivity index (χ3v) is 7.02. The second kappa shape index (κ2) is 9.10. The summed E-state index contributed by atoms with van der Waals surface area (Å²) in [6, 6.07) is 28.4. The van der Waals surface area contributed by atoms with Crippen LogP contribution in [-0.4, -0.2) is 36.9 Å². The van der Waals surface area contributed by atoms with Crippen molar-refractivity contribution in [2.24, 2.45) is 5.92 Å². The van der Waals surface area contributed by atoms with Crippen LogP contribution in [0.4, 0.5) is 5.69 Å². The highest BCUT2D eigenvalue weighted by molar-refractivity contribution is 5.94. The van der Waals surface area contributed by atoms with Crippen LogP contribution in [0.2, 0.25) is 0 Å². The molecule has 2 heterocycles. The van der Waals surface area contributed by atoms with Crippen LogP contribution in [0.15, 0.2) is 84.9 Å². The van der Waals surface area contributed by atoms with E-state index >= 15 is 0 Å². The fourth-order valence-corrected chi connectivity index (χ4v) is 5.56. The predicted octanol–water partition coefficient (Wildman–Crippen LogP) is 4.59. The lowest BCUT2D eigenvalue weighted by atomic mass is 9.79. The van der Waals surface area contributed by atoms with E-state index in [9.17, 15) is 9.59 Å². The molecular formula is C28H29N3O2. The molecule has 1 N–H and O–H groups in total. The molecule has 0 unspecified atom stereocenters. The van der Waals surface area contributed by atoms with E-state index in [2.05, 4.69) is 65.8 Å². The van der Waals surface area contributed by atoms with Gasteiger partial charge in [0.15, 0.2) is 0 Å². The summed E-state index contributed by atoms with van der Waals surface area (Å²) < 4.78 is 0. The Hall–Kier alpha value is -3.60. The summed E-state index contributed by atoms with van der Waals surface area (Å²) in [7, 11) is 2.16. The Balaban J connectivity index is 1.35. The fourth-order valence-electron chi connectivity index (χ4n) is 5.56. The van der Waals surface area contributed by atoms with E-state index in [1.165, 1.54) is 16.8 Å². The van der Waals surface area contributed by atoms with Crippen LogP contribution >= 0.6 is 0 Å². The molecule has 0 radical (unpaired) electrons. The number of carbonyl (C=O) groups is 2. The number of fused-ring (bicyclic) bond motifs is 3. The summed E-state index contributed by atoms with van der Waals surface area (Å²) in [5.74, 6) is 0.286. The van der Waals surface area contributed by atoms with Crippen LogP contribution < -0.4 is 10.2 Å². The second-order valence-electron chi connectivity index (χ2n) is 8.88. The molecule has 1 fully saturated rings. The van der Waals surface area contributed by atoms with Gasteiger partial charge in [-0.15, -0.1) is 0 Å². The first-order chi connectivity index (χ1) is 16.1. The zero-order chi connectivity index (χ0) is 22.8. The summed E-state index contributed by atoms with van der Waals surface area (Å²) in [4.78, 5) is 30.1. The quantitative estimate of drug-likeness (QED) is 0.633. The highest BCUT2D eigenvalue weighted by atomic mass is 16.2. The molecule has 2 aliphatic rings. The maximum absolute atomic E-state index is 13.3. The summed E-state index contributed by atoms with van der Waals surface area (Å²) in [5, 5.41) is 2.89. The van der Waals surface area contributed by atoms with Gasteiger partial charge in [0.25, 0.3) is 5.91 Å². The molecule has 3 aromatic carbocycles. The van der Waals surface area contributed by atoms with Crippen molar-refractivity contribution in [1.82, 2.24) is 10.2 Å². The summed E-state index contributed by atoms with van der Waals surface area (Å²) >= 11 is 0. The Kier molecular flexibility index (Phi) is 5.86. The van der Waals surface area contributed by atoms with Crippen molar-refractivity contribution in [3.8, 4) is 0 Å². The van der Waals surface area contributed by atoms with Gasteiger partial charge in [0, 0.05) is 43.7 Å². The number of nitrogens with one attached hydrogen (secondary N) is 1. The first-order valence-electron chi connectivity index (χ1n) is 11.6. The van der Waals surface area contributed by atoms with E-state index in [0.717, 1.165) is 13.0 Å². The van der Waals surface area contributed by atoms with Crippen molar-refractivity contribution in [2.75, 3.05) is 25.0 Å². The minimum Gasteiger partial charge on any atom is -0.367 e. The van der Waals surface area contributed by atoms with Crippen LogP contribution in [0.1, 0.15) is 46.4 Å². The highest BCUT2D eigenvalue weighted by Crippen LogP contribution is 2.53. The van der Waals surface area contributed by atoms with Gasteiger partial charge >= 0.3 is 0 Å². The van der Waals surface area contributed by atoms with Crippen molar-refractivity contribution in [2.45, 2.75) is 24.9 Å². The Morgan fingerprint density at radius 2 is 1.55 bits per heavy atom. The molecule has 5 nitrogen and oxygen atoms in total. The lowest BCUT2D eigenvalue weighted by Gasteiger charge is -2.45. The van der Waals surface area contributed by atoms with Crippen LogP contribution in [0.5, 0.6) is 0 Å². The van der Waals surface area contributed by atoms with Gasteiger partial charge in [-0.2, -0.15) is 0 Å². The molecule has 3 atom stereocenters. The molecule has 2 aliphatic heterocycles. The fraction of sp³-hybridized carbons (Fsp3) is 0.286. The van der Waals surface area contributed by atoms with Crippen LogP contribution in [0.3, 0.4) is 0 Å². The van der Waals surface area contributed by atoms with Crippen LogP contribution in [0.25, 0.3) is 0 Å². The maximum atomic E-state index is 13.3. The zero-order valence-corrected chi connectivity index (χ0v) is 18.9. The van der Waals surface area contributed by atoms with Crippen molar-refractivity contribution in [3.63, 3.8) is 0 Å². The maximum Gasteiger partial charge on any atom is 0.251 e. The number of hydrogen-bond acceptors (Lipinski definition) is 3. The number of amides is 2. The molecule has 0 bridgehead atoms. The first kappa shape index (κ1) is 21.3. The van der Waals surface area contributed by atoms with Crippen molar-refractivity contribution < 1.29 is 9.59 Å². The van der Waals surface area contributed by atoms with Gasteiger partial charge in [0.1, 0.15) is 0 Å². The monoisotopic (exact) mass is 439 g/mol. The minimum absolute atomic E-state index is 0.0555. The number of benzene rings is 3. The largest absolute Gasteiger partial charge is 0.367 e. The molecule has 0 saturated carbocycles. The number of rotatable bonds is 5. The smallest absolute Gasteiger partial charge is 0.251 e. The highest BCUT2D eigenvalue weighted by Gasteiger charge is 2.47. The van der Waals surface area contributed by atoms with Crippen molar-refractivity contribution >= 4 is 17.5 Å². The van der Waals surface area contributed by atoms with Crippen molar-refractivity contribution in [1.29, 1.82) is 0 Å². The molecule has 0 aromatic heterocycles. The molecule has 33 heavy (non-hydrogen) atoms. The van der Waals surface area contributed by atoms with Crippen molar-refractivity contribution in [3.05, 3.63) is 102 Å². The molecule has 5 rings (SSSR count). The number of carbonyl (C=O) groups excluding carboxylic acids is 2. The number of nitrogens with zero attached hydrogens (tertiary/aromatic N) is 2. The SMILES string of the molecule is CN1c2ccccc2[C@@H]2[C@@H](CCN2C(=O)CCNC(=O)c2ccccc2)[C@H]1c1ccccc1. The van der Waals surface area contributed by atoms with E-state index < -0.39 is 0 Å². The van der Waals surface area contributed by atoms with Gasteiger partial charge in [0.05, 0.1) is 12.1 Å². The van der Waals surface area contributed by atoms with E-state index in [1.54, 1.807) is 12.1 Å². The molecule has 3 aromatic rings. The second-order valence-corrected chi connectivity index (χ2v) is 8.88. The Bertz CT molecular complexity index is 1130. The zero-order valence-electron chi connectivity index (χ0n) is 18.9. The van der Waals surface area contributed by atoms with E-state index in [-0.39, 0.29) is 23.9 Å². The summed E-state index contributed by atoms with van der Waals surface area (Å²) in [5.41, 5.74) is 4.30. The topological polar surface area (TPSA) is 52.6 Å². The number of hydrogen-bond donors (Lipinski definition) is 1. The van der Waals surface area contributed by atoms with Gasteiger partial charge in [-0.25, -0.2) is 0 Å². The first-order valence-corrected chi connectivity index (χ1v) is 11.6. The standard InChI is InChI=1S/C28H29N3O2/c1-30-24-15-9-8-14-22(24)27-23(26(30)20-10-4-2-5-11-20)17-19-31(27)25(32)16-18-29-28(33)21-12-6-3-7-13-21/h2-15,23,26-27H,16-19H2,1H3,(H,29,33)/t23-,26+,27+/m0/s1. The number of para-hydroxylation sites is 1. The van der Waals surface area contributed by atoms with Gasteiger partial charge in [-0.3, -0.25) is 9.59 Å². The Labute approximate surface area is 195 Å². The molecule has 5 heteroatoms. The Morgan fingerprint density at radius 3 is 2.30 bits per heavy atom. The average Bonchev–Trinajstić information content (AvgIpc) is 3.30. The Morgan fingerprint density at radius 1 is 0.879 bits per heavy atom.